The van der Waals surface area contributed by atoms with Crippen LogP contribution in [0.5, 0.6) is 5.75 Å². The molecule has 2 atom stereocenters. The topological polar surface area (TPSA) is 64.6 Å². The average molecular weight is 406 g/mol. The van der Waals surface area contributed by atoms with E-state index in [0.717, 1.165) is 4.47 Å². The van der Waals surface area contributed by atoms with Gasteiger partial charge in [0.05, 0.1) is 0 Å². The van der Waals surface area contributed by atoms with Crippen LogP contribution >= 0.6 is 15.9 Å². The molecule has 0 unspecified atom stereocenters. The van der Waals surface area contributed by atoms with Crippen molar-refractivity contribution in [2.45, 2.75) is 32.5 Å². The number of halogens is 1. The van der Waals surface area contributed by atoms with Crippen LogP contribution in [0.25, 0.3) is 0 Å². The Hall–Kier alpha value is -2.34. The zero-order valence-corrected chi connectivity index (χ0v) is 15.7. The van der Waals surface area contributed by atoms with Crippen molar-refractivity contribution < 1.29 is 19.1 Å². The molecule has 5 nitrogen and oxygen atoms in total. The Balaban J connectivity index is 1.90. The molecule has 0 radical (unpaired) electrons. The predicted octanol–water partition coefficient (Wildman–Crippen LogP) is 4.18. The maximum absolute atomic E-state index is 12.3. The van der Waals surface area contributed by atoms with Crippen molar-refractivity contribution in [3.63, 3.8) is 0 Å². The van der Waals surface area contributed by atoms with Gasteiger partial charge < -0.3 is 14.8 Å². The quantitative estimate of drug-likeness (QED) is 0.701. The van der Waals surface area contributed by atoms with Gasteiger partial charge in [0.2, 0.25) is 0 Å². The molecule has 0 aliphatic carbocycles. The Morgan fingerprint density at radius 3 is 2.32 bits per heavy atom. The van der Waals surface area contributed by atoms with Gasteiger partial charge in [0.25, 0.3) is 5.91 Å². The van der Waals surface area contributed by atoms with Crippen LogP contribution in [-0.4, -0.2) is 24.1 Å². The Labute approximate surface area is 155 Å². The highest BCUT2D eigenvalue weighted by Gasteiger charge is 2.25. The molecule has 6 heteroatoms. The largest absolute Gasteiger partial charge is 0.479 e. The first-order chi connectivity index (χ1) is 12.0. The molecule has 2 aromatic rings. The van der Waals surface area contributed by atoms with Gasteiger partial charge in [-0.2, -0.15) is 0 Å². The van der Waals surface area contributed by atoms with E-state index in [4.69, 9.17) is 9.47 Å². The number of para-hydroxylation sites is 1. The fourth-order valence-electron chi connectivity index (χ4n) is 2.04. The second-order valence-corrected chi connectivity index (χ2v) is 6.32. The SMILES string of the molecule is CC[C@H](Oc1ccccc1)C(=O)O[C@@H](C)C(=O)Nc1ccc(Br)cc1. The summed E-state index contributed by atoms with van der Waals surface area (Å²) in [6.45, 7) is 3.35. The lowest BCUT2D eigenvalue weighted by Crippen LogP contribution is -2.36. The molecule has 1 N–H and O–H groups in total. The van der Waals surface area contributed by atoms with E-state index in [1.54, 1.807) is 24.3 Å². The van der Waals surface area contributed by atoms with Crippen molar-refractivity contribution in [1.82, 2.24) is 0 Å². The van der Waals surface area contributed by atoms with Gasteiger partial charge in [-0.05, 0) is 49.7 Å². The maximum Gasteiger partial charge on any atom is 0.348 e. The highest BCUT2D eigenvalue weighted by molar-refractivity contribution is 9.10. The van der Waals surface area contributed by atoms with Crippen LogP contribution < -0.4 is 10.1 Å². The number of carbonyl (C=O) groups is 2. The summed E-state index contributed by atoms with van der Waals surface area (Å²) in [5.74, 6) is -0.381. The number of ether oxygens (including phenoxy) is 2. The second-order valence-electron chi connectivity index (χ2n) is 5.40. The van der Waals surface area contributed by atoms with E-state index in [1.165, 1.54) is 6.92 Å². The lowest BCUT2D eigenvalue weighted by Gasteiger charge is -2.19. The van der Waals surface area contributed by atoms with Crippen LogP contribution in [0.1, 0.15) is 20.3 Å². The molecule has 0 aliphatic rings. The summed E-state index contributed by atoms with van der Waals surface area (Å²) in [6, 6.07) is 16.2. The van der Waals surface area contributed by atoms with Crippen molar-refractivity contribution in [1.29, 1.82) is 0 Å². The fourth-order valence-corrected chi connectivity index (χ4v) is 2.31. The molecule has 2 aromatic carbocycles. The van der Waals surface area contributed by atoms with E-state index < -0.39 is 24.1 Å². The molecule has 0 spiro atoms. The molecule has 0 heterocycles. The van der Waals surface area contributed by atoms with E-state index in [-0.39, 0.29) is 0 Å². The average Bonchev–Trinajstić information content (AvgIpc) is 2.62. The van der Waals surface area contributed by atoms with Crippen LogP contribution in [0.2, 0.25) is 0 Å². The minimum atomic E-state index is -0.926. The van der Waals surface area contributed by atoms with E-state index in [1.807, 2.05) is 37.3 Å². The highest BCUT2D eigenvalue weighted by atomic mass is 79.9. The van der Waals surface area contributed by atoms with Crippen molar-refractivity contribution in [2.75, 3.05) is 5.32 Å². The van der Waals surface area contributed by atoms with Crippen LogP contribution in [-0.2, 0) is 14.3 Å². The molecule has 0 fully saturated rings. The molecule has 25 heavy (non-hydrogen) atoms. The number of hydrogen-bond acceptors (Lipinski definition) is 4. The maximum atomic E-state index is 12.3. The molecule has 2 rings (SSSR count). The Kier molecular flexibility index (Phi) is 7.01. The molecular formula is C19H20BrNO4. The highest BCUT2D eigenvalue weighted by Crippen LogP contribution is 2.16. The van der Waals surface area contributed by atoms with Crippen LogP contribution in [0.3, 0.4) is 0 Å². The first-order valence-electron chi connectivity index (χ1n) is 7.98. The summed E-state index contributed by atoms with van der Waals surface area (Å²) in [5, 5.41) is 2.70. The Morgan fingerprint density at radius 1 is 1.08 bits per heavy atom. The first kappa shape index (κ1) is 19.0. The van der Waals surface area contributed by atoms with Gasteiger partial charge in [0, 0.05) is 10.2 Å². The van der Waals surface area contributed by atoms with Gasteiger partial charge in [-0.25, -0.2) is 4.79 Å². The third-order valence-corrected chi connectivity index (χ3v) is 3.96. The third kappa shape index (κ3) is 5.90. The number of amides is 1. The predicted molar refractivity (Wildman–Crippen MR) is 99.5 cm³/mol. The Bertz CT molecular complexity index is 703. The normalized spacial score (nSPS) is 12.8. The molecule has 0 aromatic heterocycles. The number of hydrogen-bond donors (Lipinski definition) is 1. The van der Waals surface area contributed by atoms with Crippen LogP contribution in [0.4, 0.5) is 5.69 Å². The van der Waals surface area contributed by atoms with Crippen molar-refractivity contribution in [2.24, 2.45) is 0 Å². The first-order valence-corrected chi connectivity index (χ1v) is 8.77. The van der Waals surface area contributed by atoms with E-state index in [0.29, 0.717) is 17.9 Å². The summed E-state index contributed by atoms with van der Waals surface area (Å²) in [5.41, 5.74) is 0.628. The lowest BCUT2D eigenvalue weighted by molar-refractivity contribution is -0.160. The van der Waals surface area contributed by atoms with Crippen molar-refractivity contribution >= 4 is 33.5 Å². The molecule has 0 bridgehead atoms. The van der Waals surface area contributed by atoms with Gasteiger partial charge in [-0.1, -0.05) is 41.1 Å². The van der Waals surface area contributed by atoms with Gasteiger partial charge in [-0.15, -0.1) is 0 Å². The zero-order chi connectivity index (χ0) is 18.2. The summed E-state index contributed by atoms with van der Waals surface area (Å²) in [7, 11) is 0. The summed E-state index contributed by atoms with van der Waals surface area (Å²) >= 11 is 3.33. The molecular weight excluding hydrogens is 386 g/mol. The standard InChI is InChI=1S/C19H20BrNO4/c1-3-17(25-16-7-5-4-6-8-16)19(23)24-13(2)18(22)21-15-11-9-14(20)10-12-15/h4-13,17H,3H2,1-2H3,(H,21,22)/t13-,17-/m0/s1. The van der Waals surface area contributed by atoms with E-state index >= 15 is 0 Å². The smallest absolute Gasteiger partial charge is 0.348 e. The van der Waals surface area contributed by atoms with E-state index in [2.05, 4.69) is 21.2 Å². The third-order valence-electron chi connectivity index (χ3n) is 3.43. The number of carbonyl (C=O) groups excluding carboxylic acids is 2. The van der Waals surface area contributed by atoms with Crippen molar-refractivity contribution in [3.8, 4) is 5.75 Å². The van der Waals surface area contributed by atoms with Gasteiger partial charge in [0.15, 0.2) is 12.2 Å². The van der Waals surface area contributed by atoms with Gasteiger partial charge in [-0.3, -0.25) is 4.79 Å². The molecule has 1 amide bonds. The zero-order valence-electron chi connectivity index (χ0n) is 14.1. The Morgan fingerprint density at radius 2 is 1.72 bits per heavy atom. The van der Waals surface area contributed by atoms with Gasteiger partial charge in [0.1, 0.15) is 5.75 Å². The molecule has 0 aliphatic heterocycles. The molecule has 0 saturated carbocycles. The molecule has 0 saturated heterocycles. The molecule has 132 valence electrons. The minimum absolute atomic E-state index is 0.398. The van der Waals surface area contributed by atoms with Crippen molar-refractivity contribution in [3.05, 3.63) is 59.1 Å². The number of rotatable bonds is 7. The van der Waals surface area contributed by atoms with Crippen LogP contribution in [0.15, 0.2) is 59.1 Å². The number of benzene rings is 2. The number of nitrogens with one attached hydrogen (secondary N) is 1. The van der Waals surface area contributed by atoms with Gasteiger partial charge >= 0.3 is 5.97 Å². The fraction of sp³-hybridized carbons (Fsp3) is 0.263. The van der Waals surface area contributed by atoms with Crippen LogP contribution in [0, 0.1) is 0 Å². The number of anilines is 1. The summed E-state index contributed by atoms with van der Waals surface area (Å²) in [4.78, 5) is 24.4. The monoisotopic (exact) mass is 405 g/mol. The lowest BCUT2D eigenvalue weighted by atomic mass is 10.2. The number of esters is 1. The van der Waals surface area contributed by atoms with E-state index in [9.17, 15) is 9.59 Å². The second kappa shape index (κ2) is 9.22. The minimum Gasteiger partial charge on any atom is -0.479 e. The summed E-state index contributed by atoms with van der Waals surface area (Å²) < 4.78 is 11.8. The summed E-state index contributed by atoms with van der Waals surface area (Å²) in [6.07, 6.45) is -1.25.